The second-order valence-electron chi connectivity index (χ2n) is 4.48. The minimum absolute atomic E-state index is 0.816. The molecule has 0 amide bonds. The van der Waals surface area contributed by atoms with E-state index in [1.165, 1.54) is 24.0 Å². The maximum atomic E-state index is 3.50. The van der Waals surface area contributed by atoms with Gasteiger partial charge in [0.25, 0.3) is 0 Å². The molecule has 0 saturated heterocycles. The number of hydrogen-bond donors (Lipinski definition) is 2. The van der Waals surface area contributed by atoms with Gasteiger partial charge >= 0.3 is 0 Å². The van der Waals surface area contributed by atoms with E-state index in [-0.39, 0.29) is 0 Å². The Bertz CT molecular complexity index is 348. The molecule has 1 aliphatic carbocycles. The van der Waals surface area contributed by atoms with Crippen molar-refractivity contribution in [3.05, 3.63) is 33.8 Å². The fraction of sp³-hybridized carbons (Fsp3) is 0.538. The molecule has 1 aromatic rings. The quantitative estimate of drug-likeness (QED) is 0.784. The van der Waals surface area contributed by atoms with Crippen molar-refractivity contribution in [2.45, 2.75) is 32.4 Å². The number of aryl methyl sites for hydroxylation is 1. The Labute approximate surface area is 106 Å². The van der Waals surface area contributed by atoms with Crippen LogP contribution in [-0.4, -0.2) is 19.1 Å². The smallest absolute Gasteiger partial charge is 0.0208 e. The molecule has 88 valence electrons. The molecule has 2 N–H and O–H groups in total. The molecular weight excluding hydrogens is 264 g/mol. The minimum atomic E-state index is 0.816. The van der Waals surface area contributed by atoms with Gasteiger partial charge in [-0.05, 0) is 43.0 Å². The van der Waals surface area contributed by atoms with Crippen molar-refractivity contribution >= 4 is 15.9 Å². The SMILES string of the molecule is Cc1cc(Br)ccc1CNCCNC1CC1. The molecule has 0 atom stereocenters. The van der Waals surface area contributed by atoms with Crippen molar-refractivity contribution in [2.75, 3.05) is 13.1 Å². The van der Waals surface area contributed by atoms with Gasteiger partial charge in [-0.1, -0.05) is 22.0 Å². The Kier molecular flexibility index (Phi) is 4.38. The van der Waals surface area contributed by atoms with Gasteiger partial charge in [0.05, 0.1) is 0 Å². The lowest BCUT2D eigenvalue weighted by atomic mass is 10.1. The van der Waals surface area contributed by atoms with E-state index in [2.05, 4.69) is 51.7 Å². The highest BCUT2D eigenvalue weighted by Crippen LogP contribution is 2.18. The summed E-state index contributed by atoms with van der Waals surface area (Å²) in [7, 11) is 0. The zero-order chi connectivity index (χ0) is 11.4. The van der Waals surface area contributed by atoms with Gasteiger partial charge in [0, 0.05) is 30.1 Å². The van der Waals surface area contributed by atoms with Crippen molar-refractivity contribution in [3.8, 4) is 0 Å². The summed E-state index contributed by atoms with van der Waals surface area (Å²) in [5.74, 6) is 0. The first-order valence-corrected chi connectivity index (χ1v) is 6.74. The number of benzene rings is 1. The summed E-state index contributed by atoms with van der Waals surface area (Å²) in [6.07, 6.45) is 2.73. The standard InChI is InChI=1S/C13H19BrN2/c1-10-8-12(14)3-2-11(10)9-15-6-7-16-13-4-5-13/h2-3,8,13,15-16H,4-7,9H2,1H3. The number of halogens is 1. The van der Waals surface area contributed by atoms with Crippen LogP contribution in [0.5, 0.6) is 0 Å². The van der Waals surface area contributed by atoms with Gasteiger partial charge in [-0.2, -0.15) is 0 Å². The Balaban J connectivity index is 1.67. The van der Waals surface area contributed by atoms with Crippen LogP contribution in [0.15, 0.2) is 22.7 Å². The van der Waals surface area contributed by atoms with Crippen molar-refractivity contribution < 1.29 is 0 Å². The lowest BCUT2D eigenvalue weighted by Gasteiger charge is -2.08. The lowest BCUT2D eigenvalue weighted by Crippen LogP contribution is -2.28. The van der Waals surface area contributed by atoms with Gasteiger partial charge in [-0.25, -0.2) is 0 Å². The highest BCUT2D eigenvalue weighted by atomic mass is 79.9. The summed E-state index contributed by atoms with van der Waals surface area (Å²) in [4.78, 5) is 0. The molecule has 0 bridgehead atoms. The maximum Gasteiger partial charge on any atom is 0.0208 e. The first kappa shape index (κ1) is 12.1. The Morgan fingerprint density at radius 3 is 2.81 bits per heavy atom. The topological polar surface area (TPSA) is 24.1 Å². The molecule has 0 heterocycles. The average molecular weight is 283 g/mol. The third-order valence-corrected chi connectivity index (χ3v) is 3.43. The molecule has 3 heteroatoms. The van der Waals surface area contributed by atoms with E-state index in [9.17, 15) is 0 Å². The van der Waals surface area contributed by atoms with Crippen LogP contribution in [0.1, 0.15) is 24.0 Å². The Morgan fingerprint density at radius 1 is 1.31 bits per heavy atom. The minimum Gasteiger partial charge on any atom is -0.313 e. The molecule has 0 unspecified atom stereocenters. The number of hydrogen-bond acceptors (Lipinski definition) is 2. The summed E-state index contributed by atoms with van der Waals surface area (Å²) in [5.41, 5.74) is 2.73. The molecule has 16 heavy (non-hydrogen) atoms. The zero-order valence-electron chi connectivity index (χ0n) is 9.72. The first-order valence-electron chi connectivity index (χ1n) is 5.95. The molecule has 2 rings (SSSR count). The van der Waals surface area contributed by atoms with Crippen LogP contribution < -0.4 is 10.6 Å². The predicted octanol–water partition coefficient (Wildman–Crippen LogP) is 2.60. The normalized spacial score (nSPS) is 15.4. The molecule has 1 aliphatic rings. The van der Waals surface area contributed by atoms with Crippen LogP contribution in [-0.2, 0) is 6.54 Å². The van der Waals surface area contributed by atoms with E-state index in [1.54, 1.807) is 0 Å². The third-order valence-electron chi connectivity index (χ3n) is 2.93. The van der Waals surface area contributed by atoms with Crippen LogP contribution in [0.3, 0.4) is 0 Å². The van der Waals surface area contributed by atoms with Gasteiger partial charge in [0.2, 0.25) is 0 Å². The number of nitrogens with one attached hydrogen (secondary N) is 2. The van der Waals surface area contributed by atoms with Crippen LogP contribution in [0.25, 0.3) is 0 Å². The van der Waals surface area contributed by atoms with Crippen molar-refractivity contribution in [2.24, 2.45) is 0 Å². The van der Waals surface area contributed by atoms with Gasteiger partial charge in [-0.15, -0.1) is 0 Å². The van der Waals surface area contributed by atoms with Crippen molar-refractivity contribution in [1.29, 1.82) is 0 Å². The van der Waals surface area contributed by atoms with Crippen LogP contribution >= 0.6 is 15.9 Å². The van der Waals surface area contributed by atoms with E-state index in [0.717, 1.165) is 30.1 Å². The second kappa shape index (κ2) is 5.80. The van der Waals surface area contributed by atoms with Crippen molar-refractivity contribution in [3.63, 3.8) is 0 Å². The fourth-order valence-electron chi connectivity index (χ4n) is 1.73. The average Bonchev–Trinajstić information content (AvgIpc) is 3.04. The molecule has 1 saturated carbocycles. The van der Waals surface area contributed by atoms with Crippen LogP contribution in [0.2, 0.25) is 0 Å². The molecule has 0 radical (unpaired) electrons. The molecule has 2 nitrogen and oxygen atoms in total. The number of rotatable bonds is 6. The van der Waals surface area contributed by atoms with Gasteiger partial charge in [-0.3, -0.25) is 0 Å². The lowest BCUT2D eigenvalue weighted by molar-refractivity contribution is 0.608. The summed E-state index contributed by atoms with van der Waals surface area (Å²) in [5, 5.41) is 6.96. The molecule has 1 aromatic carbocycles. The first-order chi connectivity index (χ1) is 7.75. The summed E-state index contributed by atoms with van der Waals surface area (Å²) >= 11 is 3.48. The Hall–Kier alpha value is -0.380. The molecule has 0 aromatic heterocycles. The molecule has 0 aliphatic heterocycles. The molecule has 1 fully saturated rings. The monoisotopic (exact) mass is 282 g/mol. The molecular formula is C13H19BrN2. The van der Waals surface area contributed by atoms with Gasteiger partial charge in [0.15, 0.2) is 0 Å². The zero-order valence-corrected chi connectivity index (χ0v) is 11.3. The fourth-order valence-corrected chi connectivity index (χ4v) is 2.21. The Morgan fingerprint density at radius 2 is 2.12 bits per heavy atom. The highest BCUT2D eigenvalue weighted by molar-refractivity contribution is 9.10. The maximum absolute atomic E-state index is 3.50. The second-order valence-corrected chi connectivity index (χ2v) is 5.39. The van der Waals surface area contributed by atoms with Gasteiger partial charge < -0.3 is 10.6 Å². The highest BCUT2D eigenvalue weighted by Gasteiger charge is 2.19. The van der Waals surface area contributed by atoms with Crippen LogP contribution in [0, 0.1) is 6.92 Å². The van der Waals surface area contributed by atoms with E-state index in [1.807, 2.05) is 0 Å². The third kappa shape index (κ3) is 3.89. The summed E-state index contributed by atoms with van der Waals surface area (Å²) < 4.78 is 1.16. The molecule has 0 spiro atoms. The van der Waals surface area contributed by atoms with Crippen LogP contribution in [0.4, 0.5) is 0 Å². The van der Waals surface area contributed by atoms with Crippen molar-refractivity contribution in [1.82, 2.24) is 10.6 Å². The van der Waals surface area contributed by atoms with E-state index < -0.39 is 0 Å². The van der Waals surface area contributed by atoms with E-state index in [4.69, 9.17) is 0 Å². The van der Waals surface area contributed by atoms with Gasteiger partial charge in [0.1, 0.15) is 0 Å². The predicted molar refractivity (Wildman–Crippen MR) is 71.6 cm³/mol. The summed E-state index contributed by atoms with van der Waals surface area (Å²) in [6.45, 7) is 5.25. The van der Waals surface area contributed by atoms with E-state index in [0.29, 0.717) is 0 Å². The van der Waals surface area contributed by atoms with E-state index >= 15 is 0 Å². The largest absolute Gasteiger partial charge is 0.313 e. The summed E-state index contributed by atoms with van der Waals surface area (Å²) in [6, 6.07) is 7.27.